The summed E-state index contributed by atoms with van der Waals surface area (Å²) in [6, 6.07) is 14.4. The highest BCUT2D eigenvalue weighted by molar-refractivity contribution is 5.92. The third-order valence-corrected chi connectivity index (χ3v) is 3.52. The Morgan fingerprint density at radius 2 is 1.50 bits per heavy atom. The monoisotopic (exact) mass is 325 g/mol. The number of rotatable bonds is 7. The van der Waals surface area contributed by atoms with Gasteiger partial charge >= 0.3 is 0 Å². The molecule has 0 unspecified atom stereocenters. The van der Waals surface area contributed by atoms with Crippen molar-refractivity contribution in [3.63, 3.8) is 0 Å². The number of carboxylic acids is 2. The number of carboxylic acid groups (broad SMARTS) is 2. The van der Waals surface area contributed by atoms with Gasteiger partial charge in [0.15, 0.2) is 0 Å². The van der Waals surface area contributed by atoms with Crippen LogP contribution in [0.25, 0.3) is 0 Å². The lowest BCUT2D eigenvalue weighted by Crippen LogP contribution is -2.26. The number of hydrogen-bond acceptors (Lipinski definition) is 5. The zero-order valence-corrected chi connectivity index (χ0v) is 12.7. The van der Waals surface area contributed by atoms with Crippen LogP contribution in [0.3, 0.4) is 0 Å². The molecule has 0 spiro atoms. The average Bonchev–Trinajstić information content (AvgIpc) is 2.55. The molecule has 1 N–H and O–H groups in total. The summed E-state index contributed by atoms with van der Waals surface area (Å²) in [6.07, 6.45) is -0.290. The van der Waals surface area contributed by atoms with Gasteiger partial charge in [0.25, 0.3) is 0 Å². The van der Waals surface area contributed by atoms with E-state index in [1.54, 1.807) is 30.3 Å². The van der Waals surface area contributed by atoms with Gasteiger partial charge in [0.2, 0.25) is 5.91 Å². The van der Waals surface area contributed by atoms with Crippen molar-refractivity contribution < 1.29 is 24.6 Å². The molecule has 2 aromatic rings. The SMILES string of the molecule is O=C([O-])C[C@H](CC(=O)Nc1ccc(C(=O)[O-])cc1)c1ccccc1. The molecule has 0 aliphatic carbocycles. The molecule has 0 saturated carbocycles. The van der Waals surface area contributed by atoms with Crippen LogP contribution in [-0.4, -0.2) is 17.8 Å². The summed E-state index contributed by atoms with van der Waals surface area (Å²) < 4.78 is 0. The number of aromatic carboxylic acids is 1. The van der Waals surface area contributed by atoms with Crippen molar-refractivity contribution >= 4 is 23.5 Å². The minimum atomic E-state index is -1.30. The van der Waals surface area contributed by atoms with Crippen molar-refractivity contribution in [2.24, 2.45) is 0 Å². The van der Waals surface area contributed by atoms with Gasteiger partial charge in [-0.1, -0.05) is 42.5 Å². The first-order valence-electron chi connectivity index (χ1n) is 7.31. The van der Waals surface area contributed by atoms with Crippen LogP contribution in [-0.2, 0) is 9.59 Å². The van der Waals surface area contributed by atoms with Crippen molar-refractivity contribution in [3.05, 3.63) is 65.7 Å². The predicted octanol–water partition coefficient (Wildman–Crippen LogP) is 0.302. The third kappa shape index (κ3) is 4.95. The summed E-state index contributed by atoms with van der Waals surface area (Å²) in [4.78, 5) is 33.7. The van der Waals surface area contributed by atoms with Gasteiger partial charge in [-0.15, -0.1) is 0 Å². The molecule has 2 aromatic carbocycles. The lowest BCUT2D eigenvalue weighted by Gasteiger charge is -2.18. The molecule has 2 rings (SSSR count). The van der Waals surface area contributed by atoms with Crippen LogP contribution < -0.4 is 15.5 Å². The second-order valence-electron chi connectivity index (χ2n) is 5.30. The lowest BCUT2D eigenvalue weighted by atomic mass is 9.92. The molecule has 0 saturated heterocycles. The zero-order chi connectivity index (χ0) is 17.5. The number of nitrogens with one attached hydrogen (secondary N) is 1. The van der Waals surface area contributed by atoms with E-state index < -0.39 is 17.9 Å². The fourth-order valence-corrected chi connectivity index (χ4v) is 2.36. The highest BCUT2D eigenvalue weighted by Crippen LogP contribution is 2.23. The molecule has 1 amide bonds. The molecule has 6 nitrogen and oxygen atoms in total. The quantitative estimate of drug-likeness (QED) is 0.787. The first kappa shape index (κ1) is 17.2. The van der Waals surface area contributed by atoms with E-state index in [1.165, 1.54) is 24.3 Å². The Bertz CT molecular complexity index is 725. The summed E-state index contributed by atoms with van der Waals surface area (Å²) in [5.41, 5.74) is 1.17. The summed E-state index contributed by atoms with van der Waals surface area (Å²) in [5, 5.41) is 24.2. The van der Waals surface area contributed by atoms with Gasteiger partial charge in [-0.05, 0) is 35.6 Å². The van der Waals surface area contributed by atoms with Crippen molar-refractivity contribution in [2.45, 2.75) is 18.8 Å². The number of carbonyl (C=O) groups excluding carboxylic acids is 3. The van der Waals surface area contributed by atoms with Gasteiger partial charge in [0, 0.05) is 18.1 Å². The number of hydrogen-bond donors (Lipinski definition) is 1. The van der Waals surface area contributed by atoms with Gasteiger partial charge in [-0.2, -0.15) is 0 Å². The number of aliphatic carboxylic acids is 1. The Labute approximate surface area is 138 Å². The normalized spacial score (nSPS) is 11.5. The number of benzene rings is 2. The van der Waals surface area contributed by atoms with Gasteiger partial charge in [0.05, 0.1) is 5.97 Å². The molecule has 124 valence electrons. The van der Waals surface area contributed by atoms with E-state index in [2.05, 4.69) is 5.32 Å². The molecule has 0 fully saturated rings. The molecule has 0 heterocycles. The van der Waals surface area contributed by atoms with Crippen LogP contribution in [0.2, 0.25) is 0 Å². The third-order valence-electron chi connectivity index (χ3n) is 3.52. The van der Waals surface area contributed by atoms with E-state index in [1.807, 2.05) is 0 Å². The van der Waals surface area contributed by atoms with E-state index >= 15 is 0 Å². The van der Waals surface area contributed by atoms with E-state index in [0.717, 1.165) is 5.56 Å². The Morgan fingerprint density at radius 3 is 2.04 bits per heavy atom. The van der Waals surface area contributed by atoms with Crippen LogP contribution in [0.1, 0.15) is 34.7 Å². The van der Waals surface area contributed by atoms with Gasteiger partial charge < -0.3 is 25.1 Å². The molecule has 0 aliphatic heterocycles. The van der Waals surface area contributed by atoms with Crippen LogP contribution in [0, 0.1) is 0 Å². The molecule has 0 bridgehead atoms. The van der Waals surface area contributed by atoms with Gasteiger partial charge in [-0.3, -0.25) is 4.79 Å². The molecule has 24 heavy (non-hydrogen) atoms. The summed E-state index contributed by atoms with van der Waals surface area (Å²) in [7, 11) is 0. The van der Waals surface area contributed by atoms with E-state index in [9.17, 15) is 24.6 Å². The van der Waals surface area contributed by atoms with Crippen molar-refractivity contribution in [1.82, 2.24) is 0 Å². The Hall–Kier alpha value is -3.15. The molecule has 0 radical (unpaired) electrons. The number of amides is 1. The summed E-state index contributed by atoms with van der Waals surface area (Å²) in [5.74, 6) is -3.40. The highest BCUT2D eigenvalue weighted by atomic mass is 16.4. The number of anilines is 1. The average molecular weight is 325 g/mol. The Balaban J connectivity index is 2.04. The van der Waals surface area contributed by atoms with Crippen molar-refractivity contribution in [2.75, 3.05) is 5.32 Å². The Morgan fingerprint density at radius 1 is 0.875 bits per heavy atom. The standard InChI is InChI=1S/C18H17NO5/c20-16(19-15-8-6-13(7-9-15)18(23)24)10-14(11-17(21)22)12-4-2-1-3-5-12/h1-9,14H,10-11H2,(H,19,20)(H,21,22)(H,23,24)/p-2/t14-/m0/s1. The minimum absolute atomic E-state index is 0.00659. The van der Waals surface area contributed by atoms with Crippen LogP contribution >= 0.6 is 0 Å². The summed E-state index contributed by atoms with van der Waals surface area (Å²) in [6.45, 7) is 0. The summed E-state index contributed by atoms with van der Waals surface area (Å²) >= 11 is 0. The highest BCUT2D eigenvalue weighted by Gasteiger charge is 2.16. The maximum absolute atomic E-state index is 12.1. The van der Waals surface area contributed by atoms with E-state index in [-0.39, 0.29) is 24.3 Å². The molecule has 6 heteroatoms. The second kappa shape index (κ2) is 7.92. The fourth-order valence-electron chi connectivity index (χ4n) is 2.36. The van der Waals surface area contributed by atoms with E-state index in [4.69, 9.17) is 0 Å². The zero-order valence-electron chi connectivity index (χ0n) is 12.7. The maximum atomic E-state index is 12.1. The molecule has 0 aliphatic rings. The van der Waals surface area contributed by atoms with Crippen molar-refractivity contribution in [3.8, 4) is 0 Å². The molecular weight excluding hydrogens is 310 g/mol. The Kier molecular flexibility index (Phi) is 5.68. The van der Waals surface area contributed by atoms with Crippen molar-refractivity contribution in [1.29, 1.82) is 0 Å². The first-order valence-corrected chi connectivity index (χ1v) is 7.31. The smallest absolute Gasteiger partial charge is 0.224 e. The van der Waals surface area contributed by atoms with Gasteiger partial charge in [0.1, 0.15) is 0 Å². The first-order chi connectivity index (χ1) is 11.5. The van der Waals surface area contributed by atoms with Crippen LogP contribution in [0.5, 0.6) is 0 Å². The topological polar surface area (TPSA) is 109 Å². The predicted molar refractivity (Wildman–Crippen MR) is 82.8 cm³/mol. The molecule has 0 aromatic heterocycles. The van der Waals surface area contributed by atoms with Crippen LogP contribution in [0.4, 0.5) is 5.69 Å². The van der Waals surface area contributed by atoms with Gasteiger partial charge in [-0.25, -0.2) is 0 Å². The largest absolute Gasteiger partial charge is 0.550 e. The van der Waals surface area contributed by atoms with Crippen LogP contribution in [0.15, 0.2) is 54.6 Å². The fraction of sp³-hybridized carbons (Fsp3) is 0.167. The van der Waals surface area contributed by atoms with E-state index in [0.29, 0.717) is 5.69 Å². The molecule has 1 atom stereocenters. The maximum Gasteiger partial charge on any atom is 0.224 e. The molecular formula is C18H15NO5-2. The number of carbonyl (C=O) groups is 3. The lowest BCUT2D eigenvalue weighted by molar-refractivity contribution is -0.306. The second-order valence-corrected chi connectivity index (χ2v) is 5.30. The minimum Gasteiger partial charge on any atom is -0.550 e.